The number of carbonyl (C=O) groups is 1. The van der Waals surface area contributed by atoms with E-state index in [2.05, 4.69) is 28.5 Å². The van der Waals surface area contributed by atoms with E-state index in [0.717, 1.165) is 38.5 Å². The SMILES string of the molecule is CCCCCC(C=CC1C2CC(OO2)C1CC=CCCCC(=O)OC(CO)COP(=O)(O)OCCN)OO. The number of hydrogen-bond acceptors (Lipinski definition) is 11. The highest BCUT2D eigenvalue weighted by Crippen LogP contribution is 2.45. The number of phosphoric acid groups is 1. The average molecular weight is 566 g/mol. The molecule has 7 atom stereocenters. The van der Waals surface area contributed by atoms with Gasteiger partial charge in [0.15, 0.2) is 0 Å². The number of carbonyl (C=O) groups excluding carboxylic acids is 1. The van der Waals surface area contributed by atoms with Crippen LogP contribution in [0.4, 0.5) is 0 Å². The van der Waals surface area contributed by atoms with Gasteiger partial charge in [-0.15, -0.1) is 0 Å². The summed E-state index contributed by atoms with van der Waals surface area (Å²) in [7, 11) is -4.32. The average Bonchev–Trinajstić information content (AvgIpc) is 3.51. The molecule has 0 spiro atoms. The first-order valence-corrected chi connectivity index (χ1v) is 14.9. The number of aliphatic hydroxyl groups is 1. The number of ether oxygens (including phenoxy) is 1. The molecule has 0 aromatic carbocycles. The third kappa shape index (κ3) is 11.9. The van der Waals surface area contributed by atoms with Crippen LogP contribution in [0.15, 0.2) is 24.3 Å². The molecule has 38 heavy (non-hydrogen) atoms. The van der Waals surface area contributed by atoms with Crippen LogP contribution >= 0.6 is 7.82 Å². The molecule has 13 heteroatoms. The lowest BCUT2D eigenvalue weighted by molar-refractivity contribution is -0.336. The lowest BCUT2D eigenvalue weighted by Crippen LogP contribution is -2.29. The number of hydrogen-bond donors (Lipinski definition) is 4. The van der Waals surface area contributed by atoms with Crippen LogP contribution in [0.25, 0.3) is 0 Å². The number of phosphoric ester groups is 1. The molecule has 2 aliphatic rings. The molecule has 0 radical (unpaired) electrons. The summed E-state index contributed by atoms with van der Waals surface area (Å²) in [5.74, 6) is -0.118. The zero-order chi connectivity index (χ0) is 27.8. The van der Waals surface area contributed by atoms with E-state index < -0.39 is 33.1 Å². The van der Waals surface area contributed by atoms with Crippen LogP contribution in [0, 0.1) is 11.8 Å². The Balaban J connectivity index is 1.70. The Morgan fingerprint density at radius 1 is 1.18 bits per heavy atom. The van der Waals surface area contributed by atoms with Gasteiger partial charge in [0.2, 0.25) is 0 Å². The Morgan fingerprint density at radius 2 is 1.97 bits per heavy atom. The molecule has 12 nitrogen and oxygen atoms in total. The molecule has 1 aliphatic heterocycles. The summed E-state index contributed by atoms with van der Waals surface area (Å²) in [5.41, 5.74) is 5.20. The second-order valence-electron chi connectivity index (χ2n) is 9.55. The molecule has 1 saturated heterocycles. The van der Waals surface area contributed by atoms with E-state index in [-0.39, 0.29) is 49.7 Å². The molecule has 1 saturated carbocycles. The fourth-order valence-electron chi connectivity index (χ4n) is 4.54. The molecule has 1 aliphatic carbocycles. The Morgan fingerprint density at radius 3 is 2.68 bits per heavy atom. The van der Waals surface area contributed by atoms with E-state index in [1.54, 1.807) is 0 Å². The van der Waals surface area contributed by atoms with Crippen molar-refractivity contribution in [3.63, 3.8) is 0 Å². The first kappa shape index (κ1) is 33.0. The Labute approximate surface area is 224 Å². The minimum Gasteiger partial charge on any atom is -0.457 e. The summed E-state index contributed by atoms with van der Waals surface area (Å²) in [6, 6.07) is 0. The molecule has 5 N–H and O–H groups in total. The highest BCUT2D eigenvalue weighted by Gasteiger charge is 2.49. The molecule has 0 aromatic heterocycles. The predicted octanol–water partition coefficient (Wildman–Crippen LogP) is 3.43. The van der Waals surface area contributed by atoms with E-state index in [1.807, 2.05) is 12.2 Å². The van der Waals surface area contributed by atoms with Crippen molar-refractivity contribution in [3.8, 4) is 0 Å². The first-order chi connectivity index (χ1) is 18.3. The largest absolute Gasteiger partial charge is 0.472 e. The summed E-state index contributed by atoms with van der Waals surface area (Å²) in [5, 5.41) is 18.6. The molecule has 2 bridgehead atoms. The fraction of sp³-hybridized carbons (Fsp3) is 0.800. The smallest absolute Gasteiger partial charge is 0.457 e. The molecule has 0 aromatic rings. The number of aliphatic hydroxyl groups excluding tert-OH is 1. The van der Waals surface area contributed by atoms with Crippen molar-refractivity contribution in [2.75, 3.05) is 26.4 Å². The Kier molecular flexibility index (Phi) is 15.8. The van der Waals surface area contributed by atoms with Crippen molar-refractivity contribution < 1.29 is 53.1 Å². The maximum Gasteiger partial charge on any atom is 0.472 e. The zero-order valence-corrected chi connectivity index (χ0v) is 23.0. The number of rotatable bonds is 21. The van der Waals surface area contributed by atoms with Gasteiger partial charge in [0.25, 0.3) is 0 Å². The number of nitrogens with two attached hydrogens (primary N) is 1. The molecule has 220 valence electrons. The predicted molar refractivity (Wildman–Crippen MR) is 137 cm³/mol. The normalized spacial score (nSPS) is 26.2. The van der Waals surface area contributed by atoms with Gasteiger partial charge in [-0.2, -0.15) is 0 Å². The number of fused-ring (bicyclic) bond motifs is 2. The zero-order valence-electron chi connectivity index (χ0n) is 22.1. The molecular weight excluding hydrogens is 521 g/mol. The minimum atomic E-state index is -4.32. The van der Waals surface area contributed by atoms with Crippen molar-refractivity contribution in [2.45, 2.75) is 89.1 Å². The van der Waals surface area contributed by atoms with Crippen LogP contribution in [0.1, 0.15) is 64.7 Å². The maximum absolute atomic E-state index is 12.1. The second-order valence-corrected chi connectivity index (χ2v) is 11.0. The fourth-order valence-corrected chi connectivity index (χ4v) is 5.30. The molecule has 0 amide bonds. The van der Waals surface area contributed by atoms with Crippen LogP contribution in [-0.2, 0) is 37.8 Å². The lowest BCUT2D eigenvalue weighted by atomic mass is 9.89. The van der Waals surface area contributed by atoms with Gasteiger partial charge in [-0.05, 0) is 25.7 Å². The van der Waals surface area contributed by atoms with Gasteiger partial charge in [0, 0.05) is 31.2 Å². The highest BCUT2D eigenvalue weighted by molar-refractivity contribution is 7.47. The van der Waals surface area contributed by atoms with Gasteiger partial charge in [0.05, 0.1) is 25.9 Å². The van der Waals surface area contributed by atoms with E-state index in [9.17, 15) is 24.6 Å². The van der Waals surface area contributed by atoms with E-state index in [1.165, 1.54) is 0 Å². The van der Waals surface area contributed by atoms with Crippen molar-refractivity contribution in [3.05, 3.63) is 24.3 Å². The summed E-state index contributed by atoms with van der Waals surface area (Å²) in [4.78, 5) is 37.0. The van der Waals surface area contributed by atoms with Crippen molar-refractivity contribution in [1.29, 1.82) is 0 Å². The molecular formula is C25H44NO11P. The Hall–Kier alpha value is -1.18. The van der Waals surface area contributed by atoms with E-state index in [4.69, 9.17) is 24.8 Å². The second kappa shape index (κ2) is 18.2. The van der Waals surface area contributed by atoms with Crippen LogP contribution in [0.5, 0.6) is 0 Å². The molecule has 7 unspecified atom stereocenters. The van der Waals surface area contributed by atoms with E-state index in [0.29, 0.717) is 12.8 Å². The third-order valence-corrected chi connectivity index (χ3v) is 7.55. The standard InChI is InChI=1S/C25H44NO11P/c1-2-3-6-9-19(35-29)12-13-22-21(23-16-24(22)37-36-23)10-7-4-5-8-11-25(28)34-20(17-27)18-33-38(30,31)32-15-14-26/h4,7,12-13,19-24,27,29H,2-3,5-6,8-11,14-18,26H2,1H3,(H,30,31). The summed E-state index contributed by atoms with van der Waals surface area (Å²) in [6.07, 6.45) is 13.6. The number of esters is 1. The molecule has 2 fully saturated rings. The number of allylic oxidation sites excluding steroid dienone is 2. The van der Waals surface area contributed by atoms with E-state index >= 15 is 0 Å². The summed E-state index contributed by atoms with van der Waals surface area (Å²) < 4.78 is 26.0. The van der Waals surface area contributed by atoms with Crippen molar-refractivity contribution in [2.24, 2.45) is 17.6 Å². The minimum absolute atomic E-state index is 0.00480. The molecule has 1 heterocycles. The van der Waals surface area contributed by atoms with Crippen LogP contribution < -0.4 is 5.73 Å². The van der Waals surface area contributed by atoms with Crippen LogP contribution in [0.2, 0.25) is 0 Å². The third-order valence-electron chi connectivity index (χ3n) is 6.57. The van der Waals surface area contributed by atoms with Gasteiger partial charge in [-0.25, -0.2) is 19.2 Å². The van der Waals surface area contributed by atoms with Gasteiger partial charge in [-0.1, -0.05) is 50.5 Å². The van der Waals surface area contributed by atoms with Crippen LogP contribution in [0.3, 0.4) is 0 Å². The monoisotopic (exact) mass is 565 g/mol. The van der Waals surface area contributed by atoms with Gasteiger partial charge in [-0.3, -0.25) is 19.1 Å². The van der Waals surface area contributed by atoms with Gasteiger partial charge < -0.3 is 20.5 Å². The van der Waals surface area contributed by atoms with Crippen molar-refractivity contribution >= 4 is 13.8 Å². The van der Waals surface area contributed by atoms with Gasteiger partial charge in [0.1, 0.15) is 18.3 Å². The lowest BCUT2D eigenvalue weighted by Gasteiger charge is -2.27. The number of unbranched alkanes of at least 4 members (excludes halogenated alkanes) is 3. The van der Waals surface area contributed by atoms with Crippen LogP contribution in [-0.4, -0.2) is 72.0 Å². The first-order valence-electron chi connectivity index (χ1n) is 13.4. The van der Waals surface area contributed by atoms with Crippen molar-refractivity contribution in [1.82, 2.24) is 0 Å². The Bertz CT molecular complexity index is 780. The summed E-state index contributed by atoms with van der Waals surface area (Å²) >= 11 is 0. The highest BCUT2D eigenvalue weighted by atomic mass is 31.2. The quantitative estimate of drug-likeness (QED) is 0.0399. The van der Waals surface area contributed by atoms with Gasteiger partial charge >= 0.3 is 13.8 Å². The topological polar surface area (TPSA) is 176 Å². The maximum atomic E-state index is 12.1. The summed E-state index contributed by atoms with van der Waals surface area (Å²) in [6.45, 7) is 0.976. The molecule has 2 rings (SSSR count).